The Bertz CT molecular complexity index is 1020. The summed E-state index contributed by atoms with van der Waals surface area (Å²) in [7, 11) is 0. The van der Waals surface area contributed by atoms with E-state index in [2.05, 4.69) is 17.4 Å². The number of carbonyl (C=O) groups is 1. The van der Waals surface area contributed by atoms with Crippen molar-refractivity contribution >= 4 is 48.1 Å². The lowest BCUT2D eigenvalue weighted by Crippen LogP contribution is -2.21. The maximum Gasteiger partial charge on any atom is 0.261 e. The van der Waals surface area contributed by atoms with E-state index in [0.29, 0.717) is 17.0 Å². The van der Waals surface area contributed by atoms with Gasteiger partial charge in [-0.15, -0.1) is 22.7 Å². The maximum absolute atomic E-state index is 12.4. The highest BCUT2D eigenvalue weighted by molar-refractivity contribution is 7.33. The molecular weight excluding hydrogens is 326 g/mol. The number of hydrogen-bond donors (Lipinski definition) is 2. The maximum atomic E-state index is 12.4. The molecule has 23 heavy (non-hydrogen) atoms. The van der Waals surface area contributed by atoms with Crippen LogP contribution in [0.15, 0.2) is 54.6 Å². The highest BCUT2D eigenvalue weighted by Crippen LogP contribution is 2.39. The topological polar surface area (TPSA) is 49.3 Å². The van der Waals surface area contributed by atoms with Crippen LogP contribution < -0.4 is 5.32 Å². The summed E-state index contributed by atoms with van der Waals surface area (Å²) in [6.07, 6.45) is 0. The number of nitrogens with one attached hydrogen (secondary N) is 1. The van der Waals surface area contributed by atoms with Gasteiger partial charge in [0.2, 0.25) is 0 Å². The number of aromatic hydroxyl groups is 1. The summed E-state index contributed by atoms with van der Waals surface area (Å²) in [5, 5.41) is 13.8. The van der Waals surface area contributed by atoms with Crippen LogP contribution in [0.1, 0.15) is 15.2 Å². The van der Waals surface area contributed by atoms with Gasteiger partial charge in [-0.25, -0.2) is 0 Å². The summed E-state index contributed by atoms with van der Waals surface area (Å²) in [5.41, 5.74) is 0.713. The lowest BCUT2D eigenvalue weighted by molar-refractivity contribution is 0.0955. The molecule has 3 nitrogen and oxygen atoms in total. The highest BCUT2D eigenvalue weighted by Gasteiger charge is 2.14. The van der Waals surface area contributed by atoms with Crippen LogP contribution in [-0.4, -0.2) is 11.0 Å². The first-order valence-electron chi connectivity index (χ1n) is 7.18. The average molecular weight is 339 g/mol. The van der Waals surface area contributed by atoms with Crippen molar-refractivity contribution < 1.29 is 9.90 Å². The number of phenolic OH excluding ortho intramolecular Hbond substituents is 1. The van der Waals surface area contributed by atoms with Crippen LogP contribution in [-0.2, 0) is 6.54 Å². The van der Waals surface area contributed by atoms with Gasteiger partial charge in [0.15, 0.2) is 0 Å². The van der Waals surface area contributed by atoms with Crippen LogP contribution in [0.25, 0.3) is 19.5 Å². The molecule has 2 aromatic carbocycles. The fourth-order valence-corrected chi connectivity index (χ4v) is 4.98. The molecule has 5 heteroatoms. The molecule has 0 aliphatic carbocycles. The lowest BCUT2D eigenvalue weighted by Gasteiger charge is -2.05. The van der Waals surface area contributed by atoms with Crippen LogP contribution in [0.4, 0.5) is 0 Å². The predicted octanol–water partition coefficient (Wildman–Crippen LogP) is 4.75. The number of hydrogen-bond acceptors (Lipinski definition) is 4. The third kappa shape index (κ3) is 2.58. The predicted molar refractivity (Wildman–Crippen MR) is 96.5 cm³/mol. The monoisotopic (exact) mass is 339 g/mol. The zero-order chi connectivity index (χ0) is 15.8. The molecule has 0 fully saturated rings. The average Bonchev–Trinajstić information content (AvgIpc) is 3.11. The summed E-state index contributed by atoms with van der Waals surface area (Å²) in [4.78, 5) is 13.1. The van der Waals surface area contributed by atoms with Gasteiger partial charge in [-0.2, -0.15) is 0 Å². The lowest BCUT2D eigenvalue weighted by atomic mass is 10.2. The van der Waals surface area contributed by atoms with Crippen molar-refractivity contribution in [1.29, 1.82) is 0 Å². The van der Waals surface area contributed by atoms with Gasteiger partial charge in [-0.3, -0.25) is 4.79 Å². The number of benzene rings is 2. The second-order valence-electron chi connectivity index (χ2n) is 5.21. The van der Waals surface area contributed by atoms with Crippen molar-refractivity contribution in [1.82, 2.24) is 5.32 Å². The zero-order valence-electron chi connectivity index (χ0n) is 12.1. The molecule has 1 amide bonds. The minimum absolute atomic E-state index is 0.106. The van der Waals surface area contributed by atoms with Crippen molar-refractivity contribution in [3.05, 3.63) is 65.0 Å². The van der Waals surface area contributed by atoms with E-state index < -0.39 is 0 Å². The fourth-order valence-electron chi connectivity index (χ4n) is 2.53. The Morgan fingerprint density at radius 1 is 1.00 bits per heavy atom. The van der Waals surface area contributed by atoms with Gasteiger partial charge in [-0.05, 0) is 18.2 Å². The van der Waals surface area contributed by atoms with Crippen molar-refractivity contribution in [2.75, 3.05) is 0 Å². The van der Waals surface area contributed by atoms with Gasteiger partial charge in [-0.1, -0.05) is 36.4 Å². The standard InChI is InChI=1S/C18H13NO2S2/c20-13-7-3-1-5-11(13)10-19-18(21)16-9-15-17(23-16)12-6-2-4-8-14(12)22-15/h1-9,20H,10H2,(H,19,21). The molecule has 0 unspecified atom stereocenters. The summed E-state index contributed by atoms with van der Waals surface area (Å²) < 4.78 is 3.55. The molecule has 114 valence electrons. The first kappa shape index (κ1) is 14.2. The number of amides is 1. The molecule has 4 aromatic rings. The van der Waals surface area contributed by atoms with E-state index in [4.69, 9.17) is 0 Å². The van der Waals surface area contributed by atoms with E-state index >= 15 is 0 Å². The minimum atomic E-state index is -0.106. The summed E-state index contributed by atoms with van der Waals surface area (Å²) in [6.45, 7) is 0.317. The van der Waals surface area contributed by atoms with Gasteiger partial charge >= 0.3 is 0 Å². The van der Waals surface area contributed by atoms with Crippen molar-refractivity contribution in [3.8, 4) is 5.75 Å². The minimum Gasteiger partial charge on any atom is -0.508 e. The van der Waals surface area contributed by atoms with Gasteiger partial charge in [0.05, 0.1) is 9.58 Å². The molecular formula is C18H13NO2S2. The number of carbonyl (C=O) groups excluding carboxylic acids is 1. The SMILES string of the molecule is O=C(NCc1ccccc1O)c1cc2sc3ccccc3c2s1. The molecule has 0 radical (unpaired) electrons. The molecule has 0 aliphatic heterocycles. The summed E-state index contributed by atoms with van der Waals surface area (Å²) >= 11 is 3.22. The number of para-hydroxylation sites is 1. The zero-order valence-corrected chi connectivity index (χ0v) is 13.7. The second-order valence-corrected chi connectivity index (χ2v) is 7.35. The Balaban J connectivity index is 1.59. The third-order valence-electron chi connectivity index (χ3n) is 3.70. The van der Waals surface area contributed by atoms with E-state index in [1.54, 1.807) is 29.5 Å². The smallest absolute Gasteiger partial charge is 0.261 e. The molecule has 0 aliphatic rings. The van der Waals surface area contributed by atoms with E-state index in [1.807, 2.05) is 24.3 Å². The highest BCUT2D eigenvalue weighted by atomic mass is 32.1. The van der Waals surface area contributed by atoms with Crippen LogP contribution in [0, 0.1) is 0 Å². The number of thiophene rings is 2. The van der Waals surface area contributed by atoms with Gasteiger partial charge in [0.1, 0.15) is 5.75 Å². The first-order chi connectivity index (χ1) is 11.2. The Hall–Kier alpha value is -2.37. The van der Waals surface area contributed by atoms with Gasteiger partial charge in [0, 0.05) is 26.9 Å². The first-order valence-corrected chi connectivity index (χ1v) is 8.82. The van der Waals surface area contributed by atoms with Crippen molar-refractivity contribution in [3.63, 3.8) is 0 Å². The van der Waals surface area contributed by atoms with Crippen molar-refractivity contribution in [2.24, 2.45) is 0 Å². The van der Waals surface area contributed by atoms with Crippen LogP contribution >= 0.6 is 22.7 Å². The van der Waals surface area contributed by atoms with Crippen LogP contribution in [0.5, 0.6) is 5.75 Å². The molecule has 0 atom stereocenters. The van der Waals surface area contributed by atoms with E-state index in [9.17, 15) is 9.90 Å². The summed E-state index contributed by atoms with van der Waals surface area (Å²) in [5.74, 6) is 0.0942. The fraction of sp³-hybridized carbons (Fsp3) is 0.0556. The molecule has 4 rings (SSSR count). The summed E-state index contributed by atoms with van der Waals surface area (Å²) in [6, 6.07) is 17.2. The number of phenols is 1. The van der Waals surface area contributed by atoms with Gasteiger partial charge < -0.3 is 10.4 Å². The Labute approximate surface area is 140 Å². The number of fused-ring (bicyclic) bond motifs is 3. The Morgan fingerprint density at radius 3 is 2.65 bits per heavy atom. The molecule has 2 aromatic heterocycles. The normalized spacial score (nSPS) is 11.1. The van der Waals surface area contributed by atoms with E-state index in [0.717, 1.165) is 4.70 Å². The quantitative estimate of drug-likeness (QED) is 0.566. The third-order valence-corrected chi connectivity index (χ3v) is 6.12. The molecule has 2 heterocycles. The van der Waals surface area contributed by atoms with E-state index in [1.165, 1.54) is 26.1 Å². The van der Waals surface area contributed by atoms with E-state index in [-0.39, 0.29) is 11.7 Å². The molecule has 0 bridgehead atoms. The second kappa shape index (κ2) is 5.68. The molecule has 0 spiro atoms. The number of rotatable bonds is 3. The Morgan fingerprint density at radius 2 is 1.78 bits per heavy atom. The molecule has 0 saturated heterocycles. The largest absolute Gasteiger partial charge is 0.508 e. The molecule has 0 saturated carbocycles. The van der Waals surface area contributed by atoms with Gasteiger partial charge in [0.25, 0.3) is 5.91 Å². The van der Waals surface area contributed by atoms with Crippen molar-refractivity contribution in [2.45, 2.75) is 6.54 Å². The molecule has 2 N–H and O–H groups in total. The van der Waals surface area contributed by atoms with Crippen LogP contribution in [0.2, 0.25) is 0 Å². The van der Waals surface area contributed by atoms with Crippen LogP contribution in [0.3, 0.4) is 0 Å². The Kier molecular flexibility index (Phi) is 3.52.